The van der Waals surface area contributed by atoms with E-state index in [9.17, 15) is 0 Å². The summed E-state index contributed by atoms with van der Waals surface area (Å²) in [6.45, 7) is 4.20. The molecular weight excluding hydrogens is 234 g/mol. The van der Waals surface area contributed by atoms with Crippen LogP contribution in [0.2, 0.25) is 0 Å². The second-order valence-corrected chi connectivity index (χ2v) is 5.10. The number of anilines is 2. The van der Waals surface area contributed by atoms with E-state index < -0.39 is 0 Å². The van der Waals surface area contributed by atoms with Gasteiger partial charge in [0.05, 0.1) is 0 Å². The Morgan fingerprint density at radius 1 is 1.21 bits per heavy atom. The van der Waals surface area contributed by atoms with Crippen molar-refractivity contribution >= 4 is 11.4 Å². The van der Waals surface area contributed by atoms with Crippen LogP contribution in [-0.4, -0.2) is 24.1 Å². The van der Waals surface area contributed by atoms with Gasteiger partial charge in [0.15, 0.2) is 0 Å². The van der Waals surface area contributed by atoms with Crippen molar-refractivity contribution in [2.75, 3.05) is 23.3 Å². The molecule has 19 heavy (non-hydrogen) atoms. The van der Waals surface area contributed by atoms with Crippen molar-refractivity contribution in [1.82, 2.24) is 4.98 Å². The molecule has 1 aromatic carbocycles. The predicted octanol–water partition coefficient (Wildman–Crippen LogP) is 3.08. The molecule has 0 spiro atoms. The van der Waals surface area contributed by atoms with Gasteiger partial charge in [0.25, 0.3) is 0 Å². The molecule has 1 saturated heterocycles. The summed E-state index contributed by atoms with van der Waals surface area (Å²) in [5.74, 6) is 0. The van der Waals surface area contributed by atoms with E-state index in [0.717, 1.165) is 18.8 Å². The first-order valence-corrected chi connectivity index (χ1v) is 6.80. The van der Waals surface area contributed by atoms with Crippen molar-refractivity contribution in [2.45, 2.75) is 19.4 Å². The molecule has 3 heteroatoms. The van der Waals surface area contributed by atoms with Gasteiger partial charge in [0.1, 0.15) is 0 Å². The Labute approximate surface area is 114 Å². The Balaban J connectivity index is 1.64. The molecule has 1 unspecified atom stereocenters. The molecule has 1 N–H and O–H groups in total. The van der Waals surface area contributed by atoms with E-state index in [1.807, 2.05) is 19.2 Å². The highest BCUT2D eigenvalue weighted by Crippen LogP contribution is 2.22. The zero-order valence-electron chi connectivity index (χ0n) is 11.2. The maximum Gasteiger partial charge on any atom is 0.0453 e. The van der Waals surface area contributed by atoms with E-state index in [-0.39, 0.29) is 0 Å². The summed E-state index contributed by atoms with van der Waals surface area (Å²) >= 11 is 0. The number of aryl methyl sites for hydroxylation is 1. The van der Waals surface area contributed by atoms with Crippen LogP contribution >= 0.6 is 0 Å². The lowest BCUT2D eigenvalue weighted by Crippen LogP contribution is -2.26. The van der Waals surface area contributed by atoms with Gasteiger partial charge in [-0.15, -0.1) is 0 Å². The number of nitrogens with one attached hydrogen (secondary N) is 1. The quantitative estimate of drug-likeness (QED) is 0.911. The first-order chi connectivity index (χ1) is 9.31. The standard InChI is InChI=1S/C16H19N3/c1-13-11-16(7-9-17-13)19-10-8-15(12-19)18-14-5-3-2-4-6-14/h2-7,9,11,15,18H,8,10,12H2,1H3. The number of nitrogens with zero attached hydrogens (tertiary/aromatic N) is 2. The number of benzene rings is 1. The molecule has 0 saturated carbocycles. The fourth-order valence-corrected chi connectivity index (χ4v) is 2.61. The highest BCUT2D eigenvalue weighted by Gasteiger charge is 2.22. The Morgan fingerprint density at radius 2 is 2.05 bits per heavy atom. The maximum atomic E-state index is 4.26. The van der Waals surface area contributed by atoms with Crippen LogP contribution in [0.3, 0.4) is 0 Å². The molecule has 3 rings (SSSR count). The van der Waals surface area contributed by atoms with Gasteiger partial charge in [-0.3, -0.25) is 4.98 Å². The minimum absolute atomic E-state index is 0.524. The topological polar surface area (TPSA) is 28.2 Å². The molecule has 0 radical (unpaired) electrons. The van der Waals surface area contributed by atoms with Crippen LogP contribution in [0.25, 0.3) is 0 Å². The molecule has 3 nitrogen and oxygen atoms in total. The molecule has 1 aromatic heterocycles. The minimum Gasteiger partial charge on any atom is -0.380 e. The summed E-state index contributed by atoms with van der Waals surface area (Å²) < 4.78 is 0. The fraction of sp³-hybridized carbons (Fsp3) is 0.312. The first-order valence-electron chi connectivity index (χ1n) is 6.80. The lowest BCUT2D eigenvalue weighted by molar-refractivity contribution is 0.807. The summed E-state index contributed by atoms with van der Waals surface area (Å²) in [7, 11) is 0. The third-order valence-electron chi connectivity index (χ3n) is 3.58. The third-order valence-corrected chi connectivity index (χ3v) is 3.58. The fourth-order valence-electron chi connectivity index (χ4n) is 2.61. The Kier molecular flexibility index (Phi) is 3.36. The molecule has 1 aliphatic rings. The van der Waals surface area contributed by atoms with Gasteiger partial charge in [-0.25, -0.2) is 0 Å². The van der Waals surface area contributed by atoms with Crippen molar-refractivity contribution < 1.29 is 0 Å². The summed E-state index contributed by atoms with van der Waals surface area (Å²) in [5, 5.41) is 3.60. The molecule has 1 fully saturated rings. The van der Waals surface area contributed by atoms with Gasteiger partial charge in [-0.05, 0) is 37.6 Å². The van der Waals surface area contributed by atoms with Crippen LogP contribution in [0.5, 0.6) is 0 Å². The number of hydrogen-bond acceptors (Lipinski definition) is 3. The van der Waals surface area contributed by atoms with Crippen LogP contribution in [0.4, 0.5) is 11.4 Å². The number of aromatic nitrogens is 1. The van der Waals surface area contributed by atoms with Crippen molar-refractivity contribution in [3.8, 4) is 0 Å². The molecule has 0 bridgehead atoms. The zero-order chi connectivity index (χ0) is 13.1. The smallest absolute Gasteiger partial charge is 0.0453 e. The maximum absolute atomic E-state index is 4.26. The number of rotatable bonds is 3. The summed E-state index contributed by atoms with van der Waals surface area (Å²) in [5.41, 5.74) is 3.57. The summed E-state index contributed by atoms with van der Waals surface area (Å²) in [6.07, 6.45) is 3.07. The largest absolute Gasteiger partial charge is 0.380 e. The van der Waals surface area contributed by atoms with E-state index >= 15 is 0 Å². The minimum atomic E-state index is 0.524. The summed E-state index contributed by atoms with van der Waals surface area (Å²) in [4.78, 5) is 6.68. The van der Waals surface area contributed by atoms with Crippen molar-refractivity contribution in [2.24, 2.45) is 0 Å². The van der Waals surface area contributed by atoms with E-state index in [4.69, 9.17) is 0 Å². The predicted molar refractivity (Wildman–Crippen MR) is 79.7 cm³/mol. The highest BCUT2D eigenvalue weighted by atomic mass is 15.2. The highest BCUT2D eigenvalue weighted by molar-refractivity contribution is 5.50. The van der Waals surface area contributed by atoms with Gasteiger partial charge in [-0.2, -0.15) is 0 Å². The molecule has 0 aliphatic carbocycles. The van der Waals surface area contributed by atoms with Crippen molar-refractivity contribution in [3.63, 3.8) is 0 Å². The second-order valence-electron chi connectivity index (χ2n) is 5.10. The second kappa shape index (κ2) is 5.31. The van der Waals surface area contributed by atoms with E-state index in [2.05, 4.69) is 51.6 Å². The Bertz CT molecular complexity index is 539. The van der Waals surface area contributed by atoms with Crippen LogP contribution in [0.1, 0.15) is 12.1 Å². The van der Waals surface area contributed by atoms with E-state index in [1.54, 1.807) is 0 Å². The van der Waals surface area contributed by atoms with Crippen molar-refractivity contribution in [3.05, 3.63) is 54.4 Å². The van der Waals surface area contributed by atoms with Gasteiger partial charge in [0, 0.05) is 42.4 Å². The molecule has 1 atom stereocenters. The normalized spacial score (nSPS) is 18.6. The average Bonchev–Trinajstić information content (AvgIpc) is 2.88. The van der Waals surface area contributed by atoms with Crippen LogP contribution in [0, 0.1) is 6.92 Å². The lowest BCUT2D eigenvalue weighted by atomic mass is 10.2. The third kappa shape index (κ3) is 2.87. The molecule has 0 amide bonds. The Morgan fingerprint density at radius 3 is 2.84 bits per heavy atom. The zero-order valence-corrected chi connectivity index (χ0v) is 11.2. The monoisotopic (exact) mass is 253 g/mol. The summed E-state index contributed by atoms with van der Waals surface area (Å²) in [6, 6.07) is 15.2. The van der Waals surface area contributed by atoms with Crippen LogP contribution < -0.4 is 10.2 Å². The molecular formula is C16H19N3. The lowest BCUT2D eigenvalue weighted by Gasteiger charge is -2.19. The molecule has 98 valence electrons. The van der Waals surface area contributed by atoms with Crippen molar-refractivity contribution in [1.29, 1.82) is 0 Å². The van der Waals surface area contributed by atoms with E-state index in [0.29, 0.717) is 6.04 Å². The first kappa shape index (κ1) is 12.0. The Hall–Kier alpha value is -2.03. The van der Waals surface area contributed by atoms with E-state index in [1.165, 1.54) is 17.8 Å². The van der Waals surface area contributed by atoms with Gasteiger partial charge in [0.2, 0.25) is 0 Å². The number of para-hydroxylation sites is 1. The van der Waals surface area contributed by atoms with Crippen LogP contribution in [-0.2, 0) is 0 Å². The molecule has 2 aromatic rings. The van der Waals surface area contributed by atoms with Gasteiger partial charge < -0.3 is 10.2 Å². The van der Waals surface area contributed by atoms with Crippen LogP contribution in [0.15, 0.2) is 48.7 Å². The SMILES string of the molecule is Cc1cc(N2CCC(Nc3ccccc3)C2)ccn1. The van der Waals surface area contributed by atoms with Gasteiger partial charge >= 0.3 is 0 Å². The average molecular weight is 253 g/mol. The van der Waals surface area contributed by atoms with Gasteiger partial charge in [-0.1, -0.05) is 18.2 Å². The number of pyridine rings is 1. The number of hydrogen-bond donors (Lipinski definition) is 1. The molecule has 2 heterocycles. The molecule has 1 aliphatic heterocycles.